The summed E-state index contributed by atoms with van der Waals surface area (Å²) in [5.41, 5.74) is 8.65. The summed E-state index contributed by atoms with van der Waals surface area (Å²) < 4.78 is 15.3. The van der Waals surface area contributed by atoms with Crippen molar-refractivity contribution < 1.29 is 50.3 Å². The Labute approximate surface area is 361 Å². The van der Waals surface area contributed by atoms with Crippen molar-refractivity contribution in [3.8, 4) is 51.5 Å². The van der Waals surface area contributed by atoms with Crippen LogP contribution in [0, 0.1) is 38.1 Å². The van der Waals surface area contributed by atoms with E-state index in [1.165, 1.54) is 12.7 Å². The average molecular weight is 934 g/mol. The molecule has 8 nitrogen and oxygen atoms in total. The van der Waals surface area contributed by atoms with E-state index in [2.05, 4.69) is 117 Å². The Balaban J connectivity index is 0.00000275. The van der Waals surface area contributed by atoms with Crippen LogP contribution in [0.5, 0.6) is 23.0 Å². The molecular formula is C47H40N6O2Pd2. The molecule has 4 aromatic heterocycles. The Morgan fingerprint density at radius 3 is 1.37 bits per heavy atom. The van der Waals surface area contributed by atoms with Crippen LogP contribution < -0.4 is 9.47 Å². The number of aryl methyl sites for hydroxylation is 2. The molecule has 10 heteroatoms. The molecule has 0 fully saturated rings. The monoisotopic (exact) mass is 932 g/mol. The first-order valence-electron chi connectivity index (χ1n) is 18.2. The second kappa shape index (κ2) is 16.4. The first-order valence-corrected chi connectivity index (χ1v) is 18.2. The topological polar surface area (TPSA) is 87.8 Å². The second-order valence-corrected chi connectivity index (χ2v) is 15.8. The van der Waals surface area contributed by atoms with Gasteiger partial charge in [-0.15, -0.1) is 59.7 Å². The van der Waals surface area contributed by atoms with Crippen LogP contribution in [0.15, 0.2) is 97.8 Å². The number of fused-ring (bicyclic) bond motifs is 3. The normalized spacial score (nSPS) is 11.6. The van der Waals surface area contributed by atoms with E-state index in [9.17, 15) is 0 Å². The predicted molar refractivity (Wildman–Crippen MR) is 216 cm³/mol. The van der Waals surface area contributed by atoms with E-state index in [0.29, 0.717) is 28.9 Å². The Hall–Kier alpha value is -5.09. The summed E-state index contributed by atoms with van der Waals surface area (Å²) in [4.78, 5) is 22.4. The van der Waals surface area contributed by atoms with Gasteiger partial charge >= 0.3 is 40.8 Å². The Bertz CT molecular complexity index is 2550. The molecule has 0 spiro atoms. The SMILES string of the molecule is Cc1ccnc(-c2[c-]c(Oc3[c-]c4c(cc3)c3ccc(Oc5[c-]c(-c6cc(C)ccn6)ccc5C(C)(C)C)[c-]c3n4-c3ncncn3)c(C(C)(C)C)cc2)c1.[Pd+2].[Pd+2]. The fourth-order valence-corrected chi connectivity index (χ4v) is 6.67. The van der Waals surface area contributed by atoms with Gasteiger partial charge < -0.3 is 24.0 Å². The largest absolute Gasteiger partial charge is 2.00 e. The molecular weight excluding hydrogens is 893 g/mol. The maximum Gasteiger partial charge on any atom is 2.00 e. The molecule has 4 heterocycles. The quantitative estimate of drug-likeness (QED) is 0.116. The van der Waals surface area contributed by atoms with Crippen molar-refractivity contribution >= 4 is 21.8 Å². The third-order valence-electron chi connectivity index (χ3n) is 9.46. The van der Waals surface area contributed by atoms with Gasteiger partial charge in [0.15, 0.2) is 0 Å². The molecule has 57 heavy (non-hydrogen) atoms. The number of hydrogen-bond donors (Lipinski definition) is 0. The molecule has 0 aliphatic carbocycles. The Morgan fingerprint density at radius 2 is 0.965 bits per heavy atom. The summed E-state index contributed by atoms with van der Waals surface area (Å²) in [6.45, 7) is 17.1. The summed E-state index contributed by atoms with van der Waals surface area (Å²) in [6, 6.07) is 38.4. The number of pyridine rings is 2. The molecule has 0 amide bonds. The first kappa shape index (κ1) is 41.5. The predicted octanol–water partition coefficient (Wildman–Crippen LogP) is 11.1. The number of rotatable bonds is 7. The molecule has 0 radical (unpaired) electrons. The molecule has 0 aliphatic rings. The van der Waals surface area contributed by atoms with Gasteiger partial charge in [-0.05, 0) is 48.2 Å². The van der Waals surface area contributed by atoms with E-state index in [4.69, 9.17) is 9.47 Å². The van der Waals surface area contributed by atoms with Crippen LogP contribution in [0.1, 0.15) is 63.8 Å². The van der Waals surface area contributed by atoms with E-state index in [-0.39, 0.29) is 51.7 Å². The molecule has 290 valence electrons. The maximum absolute atomic E-state index is 6.68. The molecule has 0 N–H and O–H groups in total. The van der Waals surface area contributed by atoms with Crippen molar-refractivity contribution in [3.05, 3.63) is 144 Å². The fraction of sp³-hybridized carbons (Fsp3) is 0.213. The van der Waals surface area contributed by atoms with Gasteiger partial charge in [0.25, 0.3) is 0 Å². The van der Waals surface area contributed by atoms with Crippen molar-refractivity contribution in [2.45, 2.75) is 66.2 Å². The zero-order chi connectivity index (χ0) is 38.5. The van der Waals surface area contributed by atoms with Gasteiger partial charge in [-0.1, -0.05) is 99.1 Å². The van der Waals surface area contributed by atoms with E-state index in [1.54, 1.807) is 0 Å². The van der Waals surface area contributed by atoms with Crippen molar-refractivity contribution in [1.29, 1.82) is 0 Å². The smallest absolute Gasteiger partial charge is 0.503 e. The van der Waals surface area contributed by atoms with Crippen LogP contribution in [0.4, 0.5) is 0 Å². The molecule has 8 aromatic rings. The standard InChI is InChI=1S/C47H40N6O2.2Pd/c1-29-17-19-49-39(21-29)31-9-15-37(46(3,4)5)43(23-31)54-33-11-13-35-36-14-12-34(26-42(36)53(41(35)25-33)45-51-27-48-28-52-45)55-44-24-32(10-16-38(44)47(6,7)8)40-22-30(2)18-20-50-40;;/h9-22,27-28H,1-8H3;;/q-4;2*+2. The Kier molecular flexibility index (Phi) is 12.0. The minimum Gasteiger partial charge on any atom is -0.503 e. The van der Waals surface area contributed by atoms with Crippen LogP contribution in [0.25, 0.3) is 50.3 Å². The number of ether oxygens (including phenoxy) is 2. The van der Waals surface area contributed by atoms with Gasteiger partial charge in [-0.3, -0.25) is 0 Å². The van der Waals surface area contributed by atoms with Crippen LogP contribution in [0.2, 0.25) is 0 Å². The van der Waals surface area contributed by atoms with Crippen molar-refractivity contribution in [2.75, 3.05) is 0 Å². The third-order valence-corrected chi connectivity index (χ3v) is 9.46. The number of aromatic nitrogens is 6. The molecule has 0 saturated carbocycles. The first-order chi connectivity index (χ1) is 26.3. The zero-order valence-electron chi connectivity index (χ0n) is 32.9. The van der Waals surface area contributed by atoms with Gasteiger partial charge in [-0.2, -0.15) is 22.9 Å². The number of nitrogens with zero attached hydrogens (tertiary/aromatic N) is 6. The van der Waals surface area contributed by atoms with Crippen LogP contribution in [0.3, 0.4) is 0 Å². The van der Waals surface area contributed by atoms with E-state index in [0.717, 1.165) is 66.6 Å². The molecule has 0 saturated heterocycles. The average Bonchev–Trinajstić information content (AvgIpc) is 3.47. The fourth-order valence-electron chi connectivity index (χ4n) is 6.67. The summed E-state index contributed by atoms with van der Waals surface area (Å²) in [5, 5.41) is 1.86. The molecule has 4 aromatic carbocycles. The number of hydrogen-bond acceptors (Lipinski definition) is 7. The summed E-state index contributed by atoms with van der Waals surface area (Å²) in [5.74, 6) is 2.68. The summed E-state index contributed by atoms with van der Waals surface area (Å²) >= 11 is 0. The summed E-state index contributed by atoms with van der Waals surface area (Å²) in [7, 11) is 0. The van der Waals surface area contributed by atoms with E-state index >= 15 is 0 Å². The summed E-state index contributed by atoms with van der Waals surface area (Å²) in [6.07, 6.45) is 6.58. The van der Waals surface area contributed by atoms with E-state index < -0.39 is 0 Å². The third kappa shape index (κ3) is 8.61. The molecule has 0 aliphatic heterocycles. The zero-order valence-corrected chi connectivity index (χ0v) is 36.0. The van der Waals surface area contributed by atoms with Gasteiger partial charge in [0.1, 0.15) is 12.7 Å². The second-order valence-electron chi connectivity index (χ2n) is 15.8. The molecule has 0 unspecified atom stereocenters. The van der Waals surface area contributed by atoms with Crippen LogP contribution in [-0.2, 0) is 51.7 Å². The van der Waals surface area contributed by atoms with Gasteiger partial charge in [0.05, 0.1) is 0 Å². The van der Waals surface area contributed by atoms with E-state index in [1.807, 2.05) is 77.6 Å². The Morgan fingerprint density at radius 1 is 0.526 bits per heavy atom. The van der Waals surface area contributed by atoms with Crippen molar-refractivity contribution in [1.82, 2.24) is 29.5 Å². The van der Waals surface area contributed by atoms with Crippen LogP contribution in [-0.4, -0.2) is 29.5 Å². The minimum absolute atomic E-state index is 0. The van der Waals surface area contributed by atoms with Gasteiger partial charge in [-0.25, -0.2) is 15.0 Å². The molecule has 8 rings (SSSR count). The van der Waals surface area contributed by atoms with Crippen LogP contribution >= 0.6 is 0 Å². The molecule has 0 atom stereocenters. The maximum atomic E-state index is 6.68. The minimum atomic E-state index is -0.208. The molecule has 0 bridgehead atoms. The van der Waals surface area contributed by atoms with Gasteiger partial charge in [0.2, 0.25) is 5.95 Å². The van der Waals surface area contributed by atoms with Gasteiger partial charge in [0, 0.05) is 35.4 Å². The van der Waals surface area contributed by atoms with Crippen molar-refractivity contribution in [2.24, 2.45) is 0 Å². The van der Waals surface area contributed by atoms with Crippen molar-refractivity contribution in [3.63, 3.8) is 0 Å². The number of benzene rings is 4.